The van der Waals surface area contributed by atoms with Crippen LogP contribution in [0.4, 0.5) is 0 Å². The van der Waals surface area contributed by atoms with Crippen molar-refractivity contribution in [2.24, 2.45) is 0 Å². The van der Waals surface area contributed by atoms with E-state index in [-0.39, 0.29) is 23.8 Å². The Morgan fingerprint density at radius 2 is 1.94 bits per heavy atom. The summed E-state index contributed by atoms with van der Waals surface area (Å²) < 4.78 is 0. The van der Waals surface area contributed by atoms with Gasteiger partial charge in [-0.25, -0.2) is 0 Å². The minimum Gasteiger partial charge on any atom is -0.504 e. The van der Waals surface area contributed by atoms with Gasteiger partial charge in [-0.15, -0.1) is 0 Å². The lowest BCUT2D eigenvalue weighted by Crippen LogP contribution is -2.24. The summed E-state index contributed by atoms with van der Waals surface area (Å²) in [6.07, 6.45) is 0.964. The minimum absolute atomic E-state index is 0.0747. The van der Waals surface area contributed by atoms with E-state index in [1.165, 1.54) is 0 Å². The average Bonchev–Trinajstić information content (AvgIpc) is 2.31. The molecule has 0 aromatic heterocycles. The maximum Gasteiger partial charge on any atom is 0.177 e. The van der Waals surface area contributed by atoms with Crippen LogP contribution in [0.15, 0.2) is 6.07 Å². The molecule has 1 rings (SSSR count). The third-order valence-electron chi connectivity index (χ3n) is 2.73. The molecule has 0 aliphatic rings. The van der Waals surface area contributed by atoms with Gasteiger partial charge >= 0.3 is 0 Å². The molecule has 0 heterocycles. The summed E-state index contributed by atoms with van der Waals surface area (Å²) in [7, 11) is 0. The highest BCUT2D eigenvalue weighted by atomic mass is 16.3. The summed E-state index contributed by atoms with van der Waals surface area (Å²) in [4.78, 5) is 11.9. The van der Waals surface area contributed by atoms with Crippen molar-refractivity contribution in [3.63, 3.8) is 0 Å². The SMILES string of the molecule is CCCNCC(=O)c1cc(C)c(O)c(O)c1C. The van der Waals surface area contributed by atoms with Crippen molar-refractivity contribution in [2.75, 3.05) is 13.1 Å². The number of aryl methyl sites for hydroxylation is 1. The first-order valence-corrected chi connectivity index (χ1v) is 5.75. The molecule has 0 fully saturated rings. The molecule has 1 aromatic rings. The lowest BCUT2D eigenvalue weighted by molar-refractivity contribution is 0.0990. The Morgan fingerprint density at radius 3 is 2.53 bits per heavy atom. The fraction of sp³-hybridized carbons (Fsp3) is 0.462. The molecule has 0 aliphatic carbocycles. The van der Waals surface area contributed by atoms with Crippen LogP contribution in [0.25, 0.3) is 0 Å². The normalized spacial score (nSPS) is 10.5. The van der Waals surface area contributed by atoms with Crippen molar-refractivity contribution in [1.82, 2.24) is 5.32 Å². The Morgan fingerprint density at radius 1 is 1.29 bits per heavy atom. The molecule has 4 nitrogen and oxygen atoms in total. The number of aromatic hydroxyl groups is 2. The topological polar surface area (TPSA) is 69.6 Å². The Kier molecular flexibility index (Phi) is 4.52. The van der Waals surface area contributed by atoms with E-state index < -0.39 is 0 Å². The molecule has 0 spiro atoms. The molecule has 17 heavy (non-hydrogen) atoms. The predicted octanol–water partition coefficient (Wildman–Crippen LogP) is 1.90. The highest BCUT2D eigenvalue weighted by Gasteiger charge is 2.16. The van der Waals surface area contributed by atoms with E-state index in [4.69, 9.17) is 0 Å². The van der Waals surface area contributed by atoms with Crippen LogP contribution in [-0.2, 0) is 0 Å². The van der Waals surface area contributed by atoms with Gasteiger partial charge in [0, 0.05) is 11.1 Å². The summed E-state index contributed by atoms with van der Waals surface area (Å²) in [5.74, 6) is -0.432. The molecular formula is C13H19NO3. The number of nitrogens with one attached hydrogen (secondary N) is 1. The number of benzene rings is 1. The van der Waals surface area contributed by atoms with Gasteiger partial charge in [-0.05, 0) is 38.4 Å². The Hall–Kier alpha value is -1.55. The summed E-state index contributed by atoms with van der Waals surface area (Å²) >= 11 is 0. The molecule has 1 aromatic carbocycles. The van der Waals surface area contributed by atoms with E-state index in [0.29, 0.717) is 16.7 Å². The van der Waals surface area contributed by atoms with Gasteiger partial charge < -0.3 is 15.5 Å². The average molecular weight is 237 g/mol. The van der Waals surface area contributed by atoms with Crippen molar-refractivity contribution in [3.8, 4) is 11.5 Å². The highest BCUT2D eigenvalue weighted by Crippen LogP contribution is 2.34. The van der Waals surface area contributed by atoms with Crippen molar-refractivity contribution < 1.29 is 15.0 Å². The van der Waals surface area contributed by atoms with Gasteiger partial charge in [0.25, 0.3) is 0 Å². The quantitative estimate of drug-likeness (QED) is 0.415. The third kappa shape index (κ3) is 2.97. The van der Waals surface area contributed by atoms with Gasteiger partial charge in [-0.2, -0.15) is 0 Å². The van der Waals surface area contributed by atoms with Gasteiger partial charge in [0.05, 0.1) is 6.54 Å². The maximum absolute atomic E-state index is 11.9. The molecule has 3 N–H and O–H groups in total. The van der Waals surface area contributed by atoms with Crippen LogP contribution in [0.1, 0.15) is 34.8 Å². The molecule has 0 saturated carbocycles. The maximum atomic E-state index is 11.9. The van der Waals surface area contributed by atoms with E-state index in [1.54, 1.807) is 19.9 Å². The fourth-order valence-electron chi connectivity index (χ4n) is 1.65. The number of hydrogen-bond donors (Lipinski definition) is 3. The molecular weight excluding hydrogens is 218 g/mol. The van der Waals surface area contributed by atoms with Gasteiger partial charge in [-0.1, -0.05) is 6.92 Å². The molecule has 0 atom stereocenters. The lowest BCUT2D eigenvalue weighted by Gasteiger charge is -2.11. The van der Waals surface area contributed by atoms with Crippen LogP contribution in [0.3, 0.4) is 0 Å². The molecule has 94 valence electrons. The molecule has 0 radical (unpaired) electrons. The van der Waals surface area contributed by atoms with E-state index >= 15 is 0 Å². The van der Waals surface area contributed by atoms with Crippen LogP contribution in [0.5, 0.6) is 11.5 Å². The molecule has 4 heteroatoms. The second kappa shape index (κ2) is 5.68. The van der Waals surface area contributed by atoms with Gasteiger partial charge in [0.1, 0.15) is 0 Å². The first-order chi connectivity index (χ1) is 7.99. The van der Waals surface area contributed by atoms with E-state index in [0.717, 1.165) is 13.0 Å². The van der Waals surface area contributed by atoms with Crippen LogP contribution >= 0.6 is 0 Å². The van der Waals surface area contributed by atoms with Gasteiger partial charge in [0.15, 0.2) is 17.3 Å². The Bertz CT molecular complexity index is 427. The Labute approximate surface area is 101 Å². The zero-order chi connectivity index (χ0) is 13.0. The number of rotatable bonds is 5. The van der Waals surface area contributed by atoms with Crippen molar-refractivity contribution >= 4 is 5.78 Å². The standard InChI is InChI=1S/C13H19NO3/c1-4-5-14-7-11(15)10-6-8(2)12(16)13(17)9(10)3/h6,14,16-17H,4-5,7H2,1-3H3. The van der Waals surface area contributed by atoms with Crippen LogP contribution < -0.4 is 5.32 Å². The monoisotopic (exact) mass is 237 g/mol. The molecule has 0 unspecified atom stereocenters. The number of Topliss-reactive ketones (excluding diaryl/α,β-unsaturated/α-hetero) is 1. The summed E-state index contributed by atoms with van der Waals surface area (Å²) in [6, 6.07) is 1.61. The van der Waals surface area contributed by atoms with Crippen molar-refractivity contribution in [1.29, 1.82) is 0 Å². The zero-order valence-electron chi connectivity index (χ0n) is 10.5. The molecule has 0 saturated heterocycles. The smallest absolute Gasteiger partial charge is 0.177 e. The molecule has 0 amide bonds. The molecule has 0 bridgehead atoms. The number of carbonyl (C=O) groups is 1. The van der Waals surface area contributed by atoms with Crippen molar-refractivity contribution in [3.05, 3.63) is 22.8 Å². The van der Waals surface area contributed by atoms with E-state index in [9.17, 15) is 15.0 Å². The highest BCUT2D eigenvalue weighted by molar-refractivity contribution is 6.00. The van der Waals surface area contributed by atoms with Gasteiger partial charge in [-0.3, -0.25) is 4.79 Å². The second-order valence-corrected chi connectivity index (χ2v) is 4.16. The van der Waals surface area contributed by atoms with Crippen LogP contribution in [-0.4, -0.2) is 29.1 Å². The predicted molar refractivity (Wildman–Crippen MR) is 66.7 cm³/mol. The number of phenols is 2. The largest absolute Gasteiger partial charge is 0.504 e. The molecule has 0 aliphatic heterocycles. The van der Waals surface area contributed by atoms with E-state index in [1.807, 2.05) is 6.92 Å². The second-order valence-electron chi connectivity index (χ2n) is 4.16. The minimum atomic E-state index is -0.205. The van der Waals surface area contributed by atoms with Gasteiger partial charge in [0.2, 0.25) is 0 Å². The van der Waals surface area contributed by atoms with E-state index in [2.05, 4.69) is 5.32 Å². The summed E-state index contributed by atoms with van der Waals surface area (Å²) in [6.45, 7) is 6.34. The Balaban J connectivity index is 2.94. The summed E-state index contributed by atoms with van der Waals surface area (Å²) in [5.41, 5.74) is 1.39. The van der Waals surface area contributed by atoms with Crippen molar-refractivity contribution in [2.45, 2.75) is 27.2 Å². The van der Waals surface area contributed by atoms with Crippen LogP contribution in [0.2, 0.25) is 0 Å². The first kappa shape index (κ1) is 13.5. The first-order valence-electron chi connectivity index (χ1n) is 5.75. The number of carbonyl (C=O) groups excluding carboxylic acids is 1. The third-order valence-corrected chi connectivity index (χ3v) is 2.73. The van der Waals surface area contributed by atoms with Crippen LogP contribution in [0, 0.1) is 13.8 Å². The summed E-state index contributed by atoms with van der Waals surface area (Å²) in [5, 5.41) is 22.2. The number of ketones is 1. The fourth-order valence-corrected chi connectivity index (χ4v) is 1.65. The number of phenolic OH excluding ortho intramolecular Hbond substituents is 2. The lowest BCUT2D eigenvalue weighted by atomic mass is 9.99. The zero-order valence-corrected chi connectivity index (χ0v) is 10.5. The number of hydrogen-bond acceptors (Lipinski definition) is 4.